The van der Waals surface area contributed by atoms with Gasteiger partial charge in [0.1, 0.15) is 0 Å². The number of aromatic nitrogens is 2. The molecule has 8 heteroatoms. The number of para-hydroxylation sites is 1. The summed E-state index contributed by atoms with van der Waals surface area (Å²) >= 11 is 1.21. The first-order chi connectivity index (χ1) is 16.9. The van der Waals surface area contributed by atoms with Crippen LogP contribution in [-0.2, 0) is 16.1 Å². The molecule has 178 valence electrons. The quantitative estimate of drug-likeness (QED) is 0.239. The number of hydrogen-bond donors (Lipinski definition) is 1. The van der Waals surface area contributed by atoms with E-state index >= 15 is 0 Å². The Morgan fingerprint density at radius 2 is 1.69 bits per heavy atom. The molecule has 0 fully saturated rings. The number of fused-ring (bicyclic) bond motifs is 1. The molecule has 0 aliphatic carbocycles. The van der Waals surface area contributed by atoms with Gasteiger partial charge in [0.25, 0.3) is 5.56 Å². The molecule has 0 saturated carbocycles. The van der Waals surface area contributed by atoms with Crippen molar-refractivity contribution in [1.29, 1.82) is 0 Å². The first-order valence-electron chi connectivity index (χ1n) is 11.0. The van der Waals surface area contributed by atoms with E-state index in [9.17, 15) is 14.4 Å². The lowest BCUT2D eigenvalue weighted by Crippen LogP contribution is -2.26. The molecular weight excluding hydrogens is 462 g/mol. The third-order valence-corrected chi connectivity index (χ3v) is 6.35. The molecule has 7 nitrogen and oxygen atoms in total. The summed E-state index contributed by atoms with van der Waals surface area (Å²) in [7, 11) is 1.33. The van der Waals surface area contributed by atoms with Crippen LogP contribution in [0, 0.1) is 13.8 Å². The van der Waals surface area contributed by atoms with Crippen molar-refractivity contribution in [2.24, 2.45) is 0 Å². The topological polar surface area (TPSA) is 90.3 Å². The van der Waals surface area contributed by atoms with Gasteiger partial charge in [-0.15, -0.1) is 0 Å². The van der Waals surface area contributed by atoms with Gasteiger partial charge in [-0.05, 0) is 66.9 Å². The number of ether oxygens (including phenoxy) is 1. The molecule has 4 aromatic rings. The summed E-state index contributed by atoms with van der Waals surface area (Å²) < 4.78 is 6.27. The van der Waals surface area contributed by atoms with Gasteiger partial charge in [0.05, 0.1) is 35.0 Å². The minimum absolute atomic E-state index is 0.0931. The standard InChI is InChI=1S/C27H25N3O4S/c1-17-12-18(2)14-21(13-17)30-25(32)22-6-4-5-7-23(22)29-27(30)35-16-24(31)28-15-19-8-10-20(11-9-19)26(33)34-3/h4-14H,15-16H2,1-3H3,(H,28,31). The van der Waals surface area contributed by atoms with E-state index in [1.807, 2.05) is 44.2 Å². The number of esters is 1. The Balaban J connectivity index is 1.54. The minimum Gasteiger partial charge on any atom is -0.465 e. The van der Waals surface area contributed by atoms with Gasteiger partial charge in [-0.1, -0.05) is 42.1 Å². The summed E-state index contributed by atoms with van der Waals surface area (Å²) in [5.41, 5.74) is 4.51. The van der Waals surface area contributed by atoms with Gasteiger partial charge in [-0.25, -0.2) is 9.78 Å². The van der Waals surface area contributed by atoms with E-state index < -0.39 is 5.97 Å². The number of amides is 1. The zero-order valence-electron chi connectivity index (χ0n) is 19.7. The van der Waals surface area contributed by atoms with Gasteiger partial charge in [0.2, 0.25) is 5.91 Å². The predicted molar refractivity (Wildman–Crippen MR) is 137 cm³/mol. The Labute approximate surface area is 207 Å². The second kappa shape index (κ2) is 10.6. The van der Waals surface area contributed by atoms with Crippen molar-refractivity contribution in [3.05, 3.63) is 99.3 Å². The van der Waals surface area contributed by atoms with Crippen molar-refractivity contribution in [3.63, 3.8) is 0 Å². The molecule has 35 heavy (non-hydrogen) atoms. The number of rotatable bonds is 7. The second-order valence-electron chi connectivity index (χ2n) is 8.15. The van der Waals surface area contributed by atoms with E-state index in [-0.39, 0.29) is 17.2 Å². The van der Waals surface area contributed by atoms with Gasteiger partial charge < -0.3 is 10.1 Å². The molecule has 0 aliphatic rings. The number of thioether (sulfide) groups is 1. The maximum absolute atomic E-state index is 13.4. The lowest BCUT2D eigenvalue weighted by atomic mass is 10.1. The zero-order chi connectivity index (χ0) is 24.9. The molecule has 1 aromatic heterocycles. The molecule has 0 spiro atoms. The van der Waals surface area contributed by atoms with Crippen LogP contribution in [0.1, 0.15) is 27.0 Å². The first-order valence-corrected chi connectivity index (χ1v) is 12.0. The van der Waals surface area contributed by atoms with E-state index in [4.69, 9.17) is 9.72 Å². The molecule has 1 amide bonds. The highest BCUT2D eigenvalue weighted by atomic mass is 32.2. The number of aryl methyl sites for hydroxylation is 2. The van der Waals surface area contributed by atoms with Crippen molar-refractivity contribution in [3.8, 4) is 5.69 Å². The first kappa shape index (κ1) is 24.2. The SMILES string of the molecule is COC(=O)c1ccc(CNC(=O)CSc2nc3ccccc3c(=O)n2-c2cc(C)cc(C)c2)cc1. The molecule has 0 radical (unpaired) electrons. The van der Waals surface area contributed by atoms with E-state index in [1.54, 1.807) is 41.0 Å². The summed E-state index contributed by atoms with van der Waals surface area (Å²) in [5.74, 6) is -0.508. The van der Waals surface area contributed by atoms with Gasteiger partial charge >= 0.3 is 5.97 Å². The Kier molecular flexibility index (Phi) is 7.31. The highest BCUT2D eigenvalue weighted by Crippen LogP contribution is 2.22. The van der Waals surface area contributed by atoms with Gasteiger partial charge in [-0.2, -0.15) is 0 Å². The van der Waals surface area contributed by atoms with Crippen LogP contribution in [0.5, 0.6) is 0 Å². The van der Waals surface area contributed by atoms with E-state index in [2.05, 4.69) is 5.32 Å². The van der Waals surface area contributed by atoms with Crippen molar-refractivity contribution in [1.82, 2.24) is 14.9 Å². The highest BCUT2D eigenvalue weighted by Gasteiger charge is 2.15. The van der Waals surface area contributed by atoms with Crippen LogP contribution < -0.4 is 10.9 Å². The maximum atomic E-state index is 13.4. The number of carbonyl (C=O) groups excluding carboxylic acids is 2. The molecule has 0 bridgehead atoms. The van der Waals surface area contributed by atoms with Crippen molar-refractivity contribution in [2.75, 3.05) is 12.9 Å². The van der Waals surface area contributed by atoms with Crippen LogP contribution in [0.25, 0.3) is 16.6 Å². The van der Waals surface area contributed by atoms with E-state index in [0.717, 1.165) is 22.4 Å². The monoisotopic (exact) mass is 487 g/mol. The Bertz CT molecular complexity index is 1440. The van der Waals surface area contributed by atoms with Crippen molar-refractivity contribution < 1.29 is 14.3 Å². The lowest BCUT2D eigenvalue weighted by molar-refractivity contribution is -0.118. The Morgan fingerprint density at radius 1 is 1.00 bits per heavy atom. The summed E-state index contributed by atoms with van der Waals surface area (Å²) in [6.45, 7) is 4.28. The highest BCUT2D eigenvalue weighted by molar-refractivity contribution is 7.99. The Morgan fingerprint density at radius 3 is 2.37 bits per heavy atom. The normalized spacial score (nSPS) is 10.8. The fourth-order valence-electron chi connectivity index (χ4n) is 3.77. The summed E-state index contributed by atoms with van der Waals surface area (Å²) in [6, 6.07) is 20.0. The molecular formula is C27H25N3O4S. The number of carbonyl (C=O) groups is 2. The summed E-state index contributed by atoms with van der Waals surface area (Å²) in [6.07, 6.45) is 0. The molecule has 0 saturated heterocycles. The van der Waals surface area contributed by atoms with Crippen molar-refractivity contribution >= 4 is 34.5 Å². The second-order valence-corrected chi connectivity index (χ2v) is 9.09. The van der Waals surface area contributed by atoms with E-state index in [0.29, 0.717) is 28.2 Å². The lowest BCUT2D eigenvalue weighted by Gasteiger charge is -2.14. The van der Waals surface area contributed by atoms with Crippen LogP contribution in [0.15, 0.2) is 76.7 Å². The third-order valence-electron chi connectivity index (χ3n) is 5.41. The number of benzene rings is 3. The molecule has 0 unspecified atom stereocenters. The third kappa shape index (κ3) is 5.60. The fraction of sp³-hybridized carbons (Fsp3) is 0.185. The largest absolute Gasteiger partial charge is 0.465 e. The Hall–Kier alpha value is -3.91. The summed E-state index contributed by atoms with van der Waals surface area (Å²) in [4.78, 5) is 42.3. The van der Waals surface area contributed by atoms with Gasteiger partial charge in [0, 0.05) is 6.54 Å². The molecule has 0 atom stereocenters. The fourth-order valence-corrected chi connectivity index (χ4v) is 4.62. The predicted octanol–water partition coefficient (Wildman–Crippen LogP) is 4.20. The van der Waals surface area contributed by atoms with Crippen LogP contribution >= 0.6 is 11.8 Å². The molecule has 4 rings (SSSR count). The number of nitrogens with zero attached hydrogens (tertiary/aromatic N) is 2. The zero-order valence-corrected chi connectivity index (χ0v) is 20.5. The number of nitrogens with one attached hydrogen (secondary N) is 1. The summed E-state index contributed by atoms with van der Waals surface area (Å²) in [5, 5.41) is 3.85. The average Bonchev–Trinajstić information content (AvgIpc) is 2.85. The average molecular weight is 488 g/mol. The van der Waals surface area contributed by atoms with Gasteiger partial charge in [0.15, 0.2) is 5.16 Å². The van der Waals surface area contributed by atoms with Crippen molar-refractivity contribution in [2.45, 2.75) is 25.5 Å². The van der Waals surface area contributed by atoms with E-state index in [1.165, 1.54) is 18.9 Å². The van der Waals surface area contributed by atoms with Gasteiger partial charge in [-0.3, -0.25) is 14.2 Å². The van der Waals surface area contributed by atoms with Crippen LogP contribution in [0.3, 0.4) is 0 Å². The maximum Gasteiger partial charge on any atom is 0.337 e. The molecule has 3 aromatic carbocycles. The number of hydrogen-bond acceptors (Lipinski definition) is 6. The van der Waals surface area contributed by atoms with Crippen LogP contribution in [-0.4, -0.2) is 34.3 Å². The molecule has 1 N–H and O–H groups in total. The van der Waals surface area contributed by atoms with Crippen LogP contribution in [0.2, 0.25) is 0 Å². The number of methoxy groups -OCH3 is 1. The molecule has 1 heterocycles. The van der Waals surface area contributed by atoms with Crippen LogP contribution in [0.4, 0.5) is 0 Å². The smallest absolute Gasteiger partial charge is 0.337 e. The minimum atomic E-state index is -0.408. The molecule has 0 aliphatic heterocycles.